The summed E-state index contributed by atoms with van der Waals surface area (Å²) in [6.07, 6.45) is 5.09. The molecular formula is C12H7O2+. The minimum atomic E-state index is 0.0208. The standard InChI is InChI=1S/C12H7O2/c13-9-5-3-7-11-12(9)8-4-1-2-6-10(8)14-11/h1-7H/q+1. The molecule has 1 aliphatic carbocycles. The molecule has 1 aliphatic heterocycles. The Balaban J connectivity index is 2.51. The van der Waals surface area contributed by atoms with Gasteiger partial charge >= 0.3 is 11.2 Å². The van der Waals surface area contributed by atoms with Crippen LogP contribution in [-0.4, -0.2) is 5.78 Å². The monoisotopic (exact) mass is 183 g/mol. The highest BCUT2D eigenvalue weighted by Gasteiger charge is 2.31. The smallest absolute Gasteiger partial charge is 0.289 e. The molecule has 2 heteroatoms. The Bertz CT molecular complexity index is 603. The zero-order chi connectivity index (χ0) is 9.54. The highest BCUT2D eigenvalue weighted by molar-refractivity contribution is 6.27. The number of hydrogen-bond acceptors (Lipinski definition) is 1. The zero-order valence-electron chi connectivity index (χ0n) is 7.36. The van der Waals surface area contributed by atoms with Crippen molar-refractivity contribution in [2.24, 2.45) is 0 Å². The second-order valence-electron chi connectivity index (χ2n) is 3.23. The van der Waals surface area contributed by atoms with Gasteiger partial charge in [-0.05, 0) is 18.2 Å². The Kier molecular flexibility index (Phi) is 1.34. The molecule has 66 valence electrons. The fourth-order valence-electron chi connectivity index (χ4n) is 1.74. The third-order valence-electron chi connectivity index (χ3n) is 2.36. The van der Waals surface area contributed by atoms with Gasteiger partial charge < -0.3 is 0 Å². The number of carbonyl (C=O) groups is 1. The predicted octanol–water partition coefficient (Wildman–Crippen LogP) is 0.488. The van der Waals surface area contributed by atoms with Gasteiger partial charge in [-0.15, -0.1) is 0 Å². The Hall–Kier alpha value is -1.96. The maximum absolute atomic E-state index is 11.6. The van der Waals surface area contributed by atoms with Crippen LogP contribution in [0.2, 0.25) is 0 Å². The summed E-state index contributed by atoms with van der Waals surface area (Å²) in [5, 5.41) is 0.896. The average Bonchev–Trinajstić information content (AvgIpc) is 2.57. The Morgan fingerprint density at radius 1 is 1.14 bits per heavy atom. The van der Waals surface area contributed by atoms with Crippen LogP contribution >= 0.6 is 0 Å². The first-order valence-corrected chi connectivity index (χ1v) is 4.43. The maximum atomic E-state index is 11.6. The van der Waals surface area contributed by atoms with Gasteiger partial charge in [0.25, 0.3) is 0 Å². The van der Waals surface area contributed by atoms with Gasteiger partial charge in [-0.2, -0.15) is 0 Å². The van der Waals surface area contributed by atoms with Crippen LogP contribution in [0.3, 0.4) is 0 Å². The Labute approximate surface area is 80.2 Å². The van der Waals surface area contributed by atoms with Crippen LogP contribution in [0.15, 0.2) is 52.7 Å². The van der Waals surface area contributed by atoms with Crippen LogP contribution in [0.5, 0.6) is 0 Å². The Morgan fingerprint density at radius 2 is 2.00 bits per heavy atom. The van der Waals surface area contributed by atoms with E-state index >= 15 is 0 Å². The predicted molar refractivity (Wildman–Crippen MR) is 53.6 cm³/mol. The van der Waals surface area contributed by atoms with E-state index in [2.05, 4.69) is 0 Å². The summed E-state index contributed by atoms with van der Waals surface area (Å²) in [5.74, 6) is 0.686. The highest BCUT2D eigenvalue weighted by atomic mass is 16.4. The number of para-hydroxylation sites is 1. The minimum Gasteiger partial charge on any atom is -0.289 e. The van der Waals surface area contributed by atoms with Crippen molar-refractivity contribution in [1.82, 2.24) is 0 Å². The topological polar surface area (TPSA) is 28.4 Å². The van der Waals surface area contributed by atoms with Crippen molar-refractivity contribution in [2.75, 3.05) is 0 Å². The van der Waals surface area contributed by atoms with E-state index in [1.165, 1.54) is 0 Å². The van der Waals surface area contributed by atoms with Crippen molar-refractivity contribution < 1.29 is 4.79 Å². The molecule has 2 aliphatic rings. The van der Waals surface area contributed by atoms with Crippen molar-refractivity contribution in [3.63, 3.8) is 0 Å². The lowest BCUT2D eigenvalue weighted by molar-refractivity contribution is -0.109. The molecule has 2 nitrogen and oxygen atoms in total. The molecule has 0 radical (unpaired) electrons. The van der Waals surface area contributed by atoms with Crippen LogP contribution in [-0.2, 0) is 4.79 Å². The van der Waals surface area contributed by atoms with Gasteiger partial charge in [0.2, 0.25) is 0 Å². The van der Waals surface area contributed by atoms with E-state index in [4.69, 9.17) is 4.42 Å². The molecule has 0 fully saturated rings. The fraction of sp³-hybridized carbons (Fsp3) is 0. The summed E-state index contributed by atoms with van der Waals surface area (Å²) in [4.78, 5) is 11.6. The van der Waals surface area contributed by atoms with Crippen LogP contribution in [0.4, 0.5) is 0 Å². The summed E-state index contributed by atoms with van der Waals surface area (Å²) < 4.78 is 5.53. The van der Waals surface area contributed by atoms with Gasteiger partial charge in [0.1, 0.15) is 10.8 Å². The van der Waals surface area contributed by atoms with E-state index in [0.29, 0.717) is 11.3 Å². The molecule has 1 aromatic rings. The molecule has 1 aromatic carbocycles. The van der Waals surface area contributed by atoms with Gasteiger partial charge in [-0.3, -0.25) is 4.79 Å². The van der Waals surface area contributed by atoms with Gasteiger partial charge in [0.05, 0.1) is 0 Å². The molecule has 0 aromatic heterocycles. The number of rotatable bonds is 0. The normalized spacial score (nSPS) is 17.3. The van der Waals surface area contributed by atoms with E-state index in [-0.39, 0.29) is 5.78 Å². The summed E-state index contributed by atoms with van der Waals surface area (Å²) >= 11 is 0. The van der Waals surface area contributed by atoms with Crippen LogP contribution in [0.25, 0.3) is 5.57 Å². The quantitative estimate of drug-likeness (QED) is 0.538. The zero-order valence-corrected chi connectivity index (χ0v) is 7.36. The molecule has 0 saturated heterocycles. The van der Waals surface area contributed by atoms with Crippen LogP contribution < -0.4 is 10.6 Å². The lowest BCUT2D eigenvalue weighted by atomic mass is 10.0. The third kappa shape index (κ3) is 0.852. The van der Waals surface area contributed by atoms with Gasteiger partial charge in [0.15, 0.2) is 5.78 Å². The van der Waals surface area contributed by atoms with Crippen molar-refractivity contribution in [3.05, 3.63) is 63.3 Å². The number of allylic oxidation sites excluding steroid dienone is 4. The molecular weight excluding hydrogens is 176 g/mol. The highest BCUT2D eigenvalue weighted by Crippen LogP contribution is 2.18. The Morgan fingerprint density at radius 3 is 2.93 bits per heavy atom. The second-order valence-corrected chi connectivity index (χ2v) is 3.23. The first kappa shape index (κ1) is 7.44. The van der Waals surface area contributed by atoms with E-state index in [9.17, 15) is 4.79 Å². The summed E-state index contributed by atoms with van der Waals surface area (Å²) in [6.45, 7) is 0. The first-order chi connectivity index (χ1) is 6.86. The van der Waals surface area contributed by atoms with E-state index in [0.717, 1.165) is 10.6 Å². The fourth-order valence-corrected chi connectivity index (χ4v) is 1.74. The number of benzene rings is 1. The summed E-state index contributed by atoms with van der Waals surface area (Å²) in [6, 6.07) is 7.58. The minimum absolute atomic E-state index is 0.0208. The largest absolute Gasteiger partial charge is 0.365 e. The van der Waals surface area contributed by atoms with Gasteiger partial charge in [-0.1, -0.05) is 12.1 Å². The lowest BCUT2D eigenvalue weighted by Gasteiger charge is -1.93. The third-order valence-corrected chi connectivity index (χ3v) is 2.36. The van der Waals surface area contributed by atoms with Crippen molar-refractivity contribution in [3.8, 4) is 0 Å². The average molecular weight is 183 g/mol. The summed E-state index contributed by atoms with van der Waals surface area (Å²) in [5.41, 5.74) is 1.45. The van der Waals surface area contributed by atoms with Crippen LogP contribution in [0, 0.1) is 0 Å². The van der Waals surface area contributed by atoms with Gasteiger partial charge in [-0.25, -0.2) is 4.42 Å². The first-order valence-electron chi connectivity index (χ1n) is 4.43. The summed E-state index contributed by atoms with van der Waals surface area (Å²) in [7, 11) is 0. The number of ketones is 1. The number of carbonyl (C=O) groups excluding carboxylic acids is 1. The van der Waals surface area contributed by atoms with Crippen LogP contribution in [0.1, 0.15) is 0 Å². The molecule has 14 heavy (non-hydrogen) atoms. The lowest BCUT2D eigenvalue weighted by Crippen LogP contribution is -2.24. The van der Waals surface area contributed by atoms with Gasteiger partial charge in [0, 0.05) is 12.1 Å². The molecule has 0 saturated carbocycles. The molecule has 0 amide bonds. The van der Waals surface area contributed by atoms with E-state index < -0.39 is 0 Å². The molecule has 1 heterocycles. The molecule has 0 N–H and O–H groups in total. The van der Waals surface area contributed by atoms with Crippen molar-refractivity contribution >= 4 is 11.4 Å². The van der Waals surface area contributed by atoms with E-state index in [1.807, 2.05) is 30.3 Å². The van der Waals surface area contributed by atoms with Crippen molar-refractivity contribution in [2.45, 2.75) is 0 Å². The SMILES string of the molecule is O=C1C=CC=C2[O+]=c3ccccc3=C12. The molecule has 0 spiro atoms. The van der Waals surface area contributed by atoms with Crippen molar-refractivity contribution in [1.29, 1.82) is 0 Å². The maximum Gasteiger partial charge on any atom is 0.365 e. The molecule has 0 bridgehead atoms. The number of fused-ring (bicyclic) bond motifs is 2. The number of hydrogen-bond donors (Lipinski definition) is 0. The second kappa shape index (κ2) is 2.51. The van der Waals surface area contributed by atoms with E-state index in [1.54, 1.807) is 12.2 Å². The molecule has 0 unspecified atom stereocenters. The molecule has 0 atom stereocenters. The molecule has 3 rings (SSSR count).